The van der Waals surface area contributed by atoms with E-state index in [1.807, 2.05) is 19.9 Å². The molecular weight excluding hydrogens is 324 g/mol. The monoisotopic (exact) mass is 348 g/mol. The van der Waals surface area contributed by atoms with Crippen LogP contribution in [0, 0.1) is 16.0 Å². The Bertz CT molecular complexity index is 677. The van der Waals surface area contributed by atoms with E-state index in [0.29, 0.717) is 19.0 Å². The summed E-state index contributed by atoms with van der Waals surface area (Å²) in [6.45, 7) is 6.34. The highest BCUT2D eigenvalue weighted by molar-refractivity contribution is 5.90. The van der Waals surface area contributed by atoms with E-state index in [2.05, 4.69) is 15.8 Å². The lowest BCUT2D eigenvalue weighted by atomic mass is 9.87. The topological polar surface area (TPSA) is 98.0 Å². The molecule has 0 saturated carbocycles. The summed E-state index contributed by atoms with van der Waals surface area (Å²) in [5.74, 6) is 0.822. The molecule has 8 heteroatoms. The second kappa shape index (κ2) is 7.69. The van der Waals surface area contributed by atoms with Crippen LogP contribution in [0.25, 0.3) is 0 Å². The first kappa shape index (κ1) is 17.5. The largest absolute Gasteiger partial charge is 0.490 e. The Balaban J connectivity index is 1.98. The molecule has 1 fully saturated rings. The lowest BCUT2D eigenvalue weighted by Gasteiger charge is -2.25. The third-order valence-electron chi connectivity index (χ3n) is 4.46. The van der Waals surface area contributed by atoms with Crippen LogP contribution in [0.4, 0.5) is 5.69 Å². The molecule has 1 saturated heterocycles. The lowest BCUT2D eigenvalue weighted by molar-refractivity contribution is -0.386. The molecule has 0 amide bonds. The van der Waals surface area contributed by atoms with Gasteiger partial charge in [-0.15, -0.1) is 0 Å². The Hall–Kier alpha value is -2.35. The predicted octanol–water partition coefficient (Wildman–Crippen LogP) is 2.39. The van der Waals surface area contributed by atoms with Gasteiger partial charge in [0.15, 0.2) is 5.75 Å². The highest BCUT2D eigenvalue weighted by Gasteiger charge is 2.36. The van der Waals surface area contributed by atoms with Gasteiger partial charge < -0.3 is 20.2 Å². The summed E-state index contributed by atoms with van der Waals surface area (Å²) in [4.78, 5) is 11.2. The number of hydrogen-bond donors (Lipinski definition) is 2. The Kier molecular flexibility index (Phi) is 5.37. The average Bonchev–Trinajstić information content (AvgIpc) is 3.04. The summed E-state index contributed by atoms with van der Waals surface area (Å²) in [5, 5.41) is 19.4. The SMILES string of the molecule is CCCOc1c(OCC)cc(C2NN=C3CCNCC32)cc1[N+](=O)[O-]. The van der Waals surface area contributed by atoms with Crippen molar-refractivity contribution in [3.63, 3.8) is 0 Å². The molecule has 136 valence electrons. The van der Waals surface area contributed by atoms with Crippen molar-refractivity contribution in [2.24, 2.45) is 11.0 Å². The first-order chi connectivity index (χ1) is 12.2. The van der Waals surface area contributed by atoms with Gasteiger partial charge >= 0.3 is 5.69 Å². The molecule has 2 N–H and O–H groups in total. The van der Waals surface area contributed by atoms with Gasteiger partial charge in [-0.25, -0.2) is 0 Å². The number of benzene rings is 1. The number of rotatable bonds is 7. The second-order valence-electron chi connectivity index (χ2n) is 6.18. The molecule has 3 rings (SSSR count). The number of nitrogens with zero attached hydrogens (tertiary/aromatic N) is 2. The molecule has 0 bridgehead atoms. The van der Waals surface area contributed by atoms with Crippen molar-refractivity contribution < 1.29 is 14.4 Å². The van der Waals surface area contributed by atoms with Crippen LogP contribution in [0.1, 0.15) is 38.3 Å². The van der Waals surface area contributed by atoms with Crippen molar-refractivity contribution in [3.8, 4) is 11.5 Å². The molecule has 2 aliphatic heterocycles. The molecular formula is C17H24N4O4. The highest BCUT2D eigenvalue weighted by atomic mass is 16.6. The normalized spacial score (nSPS) is 21.9. The number of hydrazone groups is 1. The van der Waals surface area contributed by atoms with E-state index in [1.54, 1.807) is 6.07 Å². The third kappa shape index (κ3) is 3.53. The van der Waals surface area contributed by atoms with Gasteiger partial charge in [0.2, 0.25) is 5.75 Å². The van der Waals surface area contributed by atoms with E-state index >= 15 is 0 Å². The predicted molar refractivity (Wildman–Crippen MR) is 94.3 cm³/mol. The zero-order valence-corrected chi connectivity index (χ0v) is 14.6. The fourth-order valence-corrected chi connectivity index (χ4v) is 3.31. The zero-order chi connectivity index (χ0) is 17.8. The van der Waals surface area contributed by atoms with E-state index in [9.17, 15) is 10.1 Å². The van der Waals surface area contributed by atoms with Crippen molar-refractivity contribution in [2.45, 2.75) is 32.7 Å². The van der Waals surface area contributed by atoms with Gasteiger partial charge in [-0.05, 0) is 25.0 Å². The second-order valence-corrected chi connectivity index (χ2v) is 6.18. The maximum atomic E-state index is 11.6. The number of hydrogen-bond acceptors (Lipinski definition) is 7. The van der Waals surface area contributed by atoms with Crippen LogP contribution in [-0.4, -0.2) is 36.9 Å². The van der Waals surface area contributed by atoms with E-state index in [1.165, 1.54) is 0 Å². The Morgan fingerprint density at radius 3 is 2.92 bits per heavy atom. The van der Waals surface area contributed by atoms with E-state index in [4.69, 9.17) is 9.47 Å². The maximum absolute atomic E-state index is 11.6. The van der Waals surface area contributed by atoms with Crippen LogP contribution in [0.3, 0.4) is 0 Å². The fourth-order valence-electron chi connectivity index (χ4n) is 3.31. The molecule has 1 aromatic rings. The summed E-state index contributed by atoms with van der Waals surface area (Å²) in [6, 6.07) is 3.32. The van der Waals surface area contributed by atoms with Crippen LogP contribution in [-0.2, 0) is 0 Å². The first-order valence-corrected chi connectivity index (χ1v) is 8.76. The maximum Gasteiger partial charge on any atom is 0.315 e. The lowest BCUT2D eigenvalue weighted by Crippen LogP contribution is -2.38. The van der Waals surface area contributed by atoms with Gasteiger partial charge in [0.05, 0.1) is 24.2 Å². The minimum atomic E-state index is -0.410. The van der Waals surface area contributed by atoms with E-state index in [-0.39, 0.29) is 23.4 Å². The smallest absolute Gasteiger partial charge is 0.315 e. The number of fused-ring (bicyclic) bond motifs is 1. The zero-order valence-electron chi connectivity index (χ0n) is 14.6. The van der Waals surface area contributed by atoms with Gasteiger partial charge in [-0.3, -0.25) is 10.1 Å². The number of piperidine rings is 1. The third-order valence-corrected chi connectivity index (χ3v) is 4.46. The van der Waals surface area contributed by atoms with E-state index < -0.39 is 4.92 Å². The molecule has 0 radical (unpaired) electrons. The van der Waals surface area contributed by atoms with Crippen molar-refractivity contribution in [1.29, 1.82) is 0 Å². The van der Waals surface area contributed by atoms with Crippen LogP contribution in [0.2, 0.25) is 0 Å². The van der Waals surface area contributed by atoms with Gasteiger partial charge in [0.25, 0.3) is 0 Å². The van der Waals surface area contributed by atoms with Gasteiger partial charge in [0, 0.05) is 37.2 Å². The first-order valence-electron chi connectivity index (χ1n) is 8.76. The number of nitro groups is 1. The summed E-state index contributed by atoms with van der Waals surface area (Å²) in [6.07, 6.45) is 1.66. The quantitative estimate of drug-likeness (QED) is 0.580. The van der Waals surface area contributed by atoms with Crippen LogP contribution >= 0.6 is 0 Å². The van der Waals surface area contributed by atoms with Gasteiger partial charge in [0.1, 0.15) is 0 Å². The minimum Gasteiger partial charge on any atom is -0.490 e. The summed E-state index contributed by atoms with van der Waals surface area (Å²) in [5.41, 5.74) is 5.00. The fraction of sp³-hybridized carbons (Fsp3) is 0.588. The van der Waals surface area contributed by atoms with Crippen molar-refractivity contribution >= 4 is 11.4 Å². The number of ether oxygens (including phenoxy) is 2. The van der Waals surface area contributed by atoms with Crippen molar-refractivity contribution in [3.05, 3.63) is 27.8 Å². The van der Waals surface area contributed by atoms with Crippen LogP contribution < -0.4 is 20.2 Å². The Morgan fingerprint density at radius 2 is 2.20 bits per heavy atom. The molecule has 25 heavy (non-hydrogen) atoms. The number of nitrogens with one attached hydrogen (secondary N) is 2. The molecule has 1 aromatic carbocycles. The van der Waals surface area contributed by atoms with Crippen LogP contribution in [0.5, 0.6) is 11.5 Å². The van der Waals surface area contributed by atoms with Crippen molar-refractivity contribution in [2.75, 3.05) is 26.3 Å². The number of nitro benzene ring substituents is 1. The molecule has 2 unspecified atom stereocenters. The Labute approximate surface area is 146 Å². The Morgan fingerprint density at radius 1 is 1.36 bits per heavy atom. The summed E-state index contributed by atoms with van der Waals surface area (Å²) >= 11 is 0. The molecule has 0 aromatic heterocycles. The van der Waals surface area contributed by atoms with Crippen molar-refractivity contribution in [1.82, 2.24) is 10.7 Å². The summed E-state index contributed by atoms with van der Waals surface area (Å²) in [7, 11) is 0. The highest BCUT2D eigenvalue weighted by Crippen LogP contribution is 2.42. The van der Waals surface area contributed by atoms with E-state index in [0.717, 1.165) is 37.2 Å². The molecule has 2 atom stereocenters. The molecule has 2 heterocycles. The molecule has 0 spiro atoms. The summed E-state index contributed by atoms with van der Waals surface area (Å²) < 4.78 is 11.3. The minimum absolute atomic E-state index is 0.0616. The van der Waals surface area contributed by atoms with Crippen LogP contribution in [0.15, 0.2) is 17.2 Å². The van der Waals surface area contributed by atoms with Gasteiger partial charge in [-0.2, -0.15) is 5.10 Å². The standard InChI is InChI=1S/C17H24N4O4/c1-3-7-25-17-14(21(22)23)8-11(9-15(17)24-4-2)16-12-10-18-6-5-13(12)19-20-16/h8-9,12,16,18,20H,3-7,10H2,1-2H3. The molecule has 2 aliphatic rings. The molecule has 8 nitrogen and oxygen atoms in total. The average molecular weight is 348 g/mol. The van der Waals surface area contributed by atoms with Gasteiger partial charge in [-0.1, -0.05) is 6.92 Å². The molecule has 0 aliphatic carbocycles.